The monoisotopic (exact) mass is 356 g/mol. The summed E-state index contributed by atoms with van der Waals surface area (Å²) in [5.41, 5.74) is 6.35. The van der Waals surface area contributed by atoms with Crippen LogP contribution in [0.25, 0.3) is 0 Å². The molecule has 0 bridgehead atoms. The van der Waals surface area contributed by atoms with E-state index >= 15 is 0 Å². The normalized spacial score (nSPS) is 11.4. The first-order valence-corrected chi connectivity index (χ1v) is 8.73. The van der Waals surface area contributed by atoms with Gasteiger partial charge in [0.1, 0.15) is 5.82 Å². The number of thiocarbonyl (C=S) groups is 2. The molecule has 0 aliphatic rings. The Morgan fingerprint density at radius 1 is 1.09 bits per heavy atom. The number of halogens is 1. The fourth-order valence-electron chi connectivity index (χ4n) is 2.03. The third-order valence-corrected chi connectivity index (χ3v) is 3.94. The Morgan fingerprint density at radius 2 is 1.74 bits per heavy atom. The van der Waals surface area contributed by atoms with Crippen molar-refractivity contribution in [2.24, 2.45) is 5.92 Å². The van der Waals surface area contributed by atoms with E-state index in [1.807, 2.05) is 0 Å². The fraction of sp³-hybridized carbons (Fsp3) is 0.500. The fourth-order valence-corrected chi connectivity index (χ4v) is 2.34. The molecule has 128 valence electrons. The Bertz CT molecular complexity index is 493. The lowest BCUT2D eigenvalue weighted by Gasteiger charge is -2.18. The lowest BCUT2D eigenvalue weighted by atomic mass is 9.99. The van der Waals surface area contributed by atoms with Gasteiger partial charge in [0.15, 0.2) is 10.2 Å². The lowest BCUT2D eigenvalue weighted by molar-refractivity contribution is 0.444. The first kappa shape index (κ1) is 19.6. The molecule has 1 rings (SSSR count). The van der Waals surface area contributed by atoms with Gasteiger partial charge in [-0.3, -0.25) is 10.9 Å². The average Bonchev–Trinajstić information content (AvgIpc) is 2.55. The standard InChI is InChI=1S/C16H25FN4S2/c1-3-5-6-12(4-2)11-18-15(22)20-21-16(23)19-14-9-7-13(17)8-10-14/h7-10,12H,3-6,11H2,1-2H3,(H2,18,20,22)(H2,19,21,23)/t12-/m0/s1. The van der Waals surface area contributed by atoms with Gasteiger partial charge in [-0.2, -0.15) is 0 Å². The van der Waals surface area contributed by atoms with E-state index in [0.717, 1.165) is 13.0 Å². The molecular formula is C16H25FN4S2. The van der Waals surface area contributed by atoms with Crippen LogP contribution < -0.4 is 21.5 Å². The summed E-state index contributed by atoms with van der Waals surface area (Å²) < 4.78 is 12.8. The third-order valence-electron chi connectivity index (χ3n) is 3.49. The van der Waals surface area contributed by atoms with Crippen LogP contribution >= 0.6 is 24.4 Å². The molecule has 1 aromatic carbocycles. The van der Waals surface area contributed by atoms with Gasteiger partial charge in [-0.05, 0) is 61.0 Å². The summed E-state index contributed by atoms with van der Waals surface area (Å²) >= 11 is 10.3. The molecule has 4 N–H and O–H groups in total. The molecule has 0 fully saturated rings. The van der Waals surface area contributed by atoms with Crippen molar-refractivity contribution >= 4 is 40.3 Å². The summed E-state index contributed by atoms with van der Waals surface area (Å²) in [6.07, 6.45) is 4.79. The zero-order valence-corrected chi connectivity index (χ0v) is 15.2. The van der Waals surface area contributed by atoms with Crippen LogP contribution in [-0.4, -0.2) is 16.8 Å². The SMILES string of the molecule is CCCC[C@H](CC)CNC(=S)NNC(=S)Nc1ccc(F)cc1. The van der Waals surface area contributed by atoms with E-state index in [0.29, 0.717) is 21.8 Å². The van der Waals surface area contributed by atoms with Crippen LogP contribution in [-0.2, 0) is 0 Å². The second-order valence-corrected chi connectivity index (χ2v) is 6.15. The molecule has 0 saturated heterocycles. The third kappa shape index (κ3) is 8.66. The van der Waals surface area contributed by atoms with Crippen LogP contribution in [0.4, 0.5) is 10.1 Å². The van der Waals surface area contributed by atoms with Crippen LogP contribution in [0.2, 0.25) is 0 Å². The number of unbranched alkanes of at least 4 members (excludes halogenated alkanes) is 1. The maximum absolute atomic E-state index is 12.8. The summed E-state index contributed by atoms with van der Waals surface area (Å²) in [5.74, 6) is 0.338. The van der Waals surface area contributed by atoms with Crippen molar-refractivity contribution in [3.8, 4) is 0 Å². The van der Waals surface area contributed by atoms with E-state index in [2.05, 4.69) is 35.3 Å². The Kier molecular flexibility index (Phi) is 9.47. The van der Waals surface area contributed by atoms with Gasteiger partial charge in [0.25, 0.3) is 0 Å². The molecule has 1 aromatic rings. The van der Waals surface area contributed by atoms with E-state index in [-0.39, 0.29) is 5.82 Å². The highest BCUT2D eigenvalue weighted by Crippen LogP contribution is 2.11. The first-order valence-electron chi connectivity index (χ1n) is 7.91. The highest BCUT2D eigenvalue weighted by Gasteiger charge is 2.06. The van der Waals surface area contributed by atoms with Crippen molar-refractivity contribution in [1.29, 1.82) is 0 Å². The number of hydrogen-bond acceptors (Lipinski definition) is 2. The Hall–Kier alpha value is -1.47. The minimum absolute atomic E-state index is 0.286. The quantitative estimate of drug-likeness (QED) is 0.441. The van der Waals surface area contributed by atoms with Crippen molar-refractivity contribution in [1.82, 2.24) is 16.2 Å². The van der Waals surface area contributed by atoms with Gasteiger partial charge in [0.05, 0.1) is 0 Å². The smallest absolute Gasteiger partial charge is 0.189 e. The predicted molar refractivity (Wildman–Crippen MR) is 103 cm³/mol. The summed E-state index contributed by atoms with van der Waals surface area (Å²) in [6, 6.07) is 5.95. The highest BCUT2D eigenvalue weighted by molar-refractivity contribution is 7.80. The van der Waals surface area contributed by atoms with Crippen molar-refractivity contribution in [2.75, 3.05) is 11.9 Å². The number of rotatable bonds is 7. The van der Waals surface area contributed by atoms with Gasteiger partial charge < -0.3 is 10.6 Å². The Morgan fingerprint density at radius 3 is 2.35 bits per heavy atom. The Balaban J connectivity index is 2.24. The molecule has 0 saturated carbocycles. The number of hydrazine groups is 1. The highest BCUT2D eigenvalue weighted by atomic mass is 32.1. The molecule has 0 aliphatic carbocycles. The molecular weight excluding hydrogens is 331 g/mol. The van der Waals surface area contributed by atoms with E-state index in [1.54, 1.807) is 12.1 Å². The lowest BCUT2D eigenvalue weighted by Crippen LogP contribution is -2.49. The largest absolute Gasteiger partial charge is 0.361 e. The number of anilines is 1. The van der Waals surface area contributed by atoms with E-state index in [4.69, 9.17) is 24.4 Å². The van der Waals surface area contributed by atoms with Gasteiger partial charge in [0.2, 0.25) is 0 Å². The summed E-state index contributed by atoms with van der Waals surface area (Å²) in [6.45, 7) is 5.24. The van der Waals surface area contributed by atoms with Crippen LogP contribution in [0, 0.1) is 11.7 Å². The predicted octanol–water partition coefficient (Wildman–Crippen LogP) is 3.71. The second-order valence-electron chi connectivity index (χ2n) is 5.34. The number of benzene rings is 1. The average molecular weight is 357 g/mol. The summed E-state index contributed by atoms with van der Waals surface area (Å²) in [7, 11) is 0. The van der Waals surface area contributed by atoms with Crippen LogP contribution in [0.15, 0.2) is 24.3 Å². The van der Waals surface area contributed by atoms with E-state index in [1.165, 1.54) is 31.4 Å². The maximum Gasteiger partial charge on any atom is 0.189 e. The molecule has 0 aromatic heterocycles. The summed E-state index contributed by atoms with van der Waals surface area (Å²) in [4.78, 5) is 0. The second kappa shape index (κ2) is 11.1. The van der Waals surface area contributed by atoms with E-state index < -0.39 is 0 Å². The van der Waals surface area contributed by atoms with Crippen LogP contribution in [0.1, 0.15) is 39.5 Å². The van der Waals surface area contributed by atoms with Gasteiger partial charge in [0, 0.05) is 12.2 Å². The molecule has 0 aliphatic heterocycles. The Labute approximate surface area is 148 Å². The molecule has 0 heterocycles. The number of hydrogen-bond donors (Lipinski definition) is 4. The minimum atomic E-state index is -0.286. The van der Waals surface area contributed by atoms with Crippen LogP contribution in [0.5, 0.6) is 0 Å². The number of nitrogens with one attached hydrogen (secondary N) is 4. The molecule has 4 nitrogen and oxygen atoms in total. The van der Waals surface area contributed by atoms with Gasteiger partial charge in [-0.25, -0.2) is 4.39 Å². The first-order chi connectivity index (χ1) is 11.0. The molecule has 0 radical (unpaired) electrons. The van der Waals surface area contributed by atoms with Crippen molar-refractivity contribution in [3.63, 3.8) is 0 Å². The molecule has 0 amide bonds. The van der Waals surface area contributed by atoms with Gasteiger partial charge in [-0.15, -0.1) is 0 Å². The topological polar surface area (TPSA) is 48.1 Å². The molecule has 0 spiro atoms. The van der Waals surface area contributed by atoms with Gasteiger partial charge in [-0.1, -0.05) is 33.1 Å². The van der Waals surface area contributed by atoms with Crippen molar-refractivity contribution in [2.45, 2.75) is 39.5 Å². The molecule has 0 unspecified atom stereocenters. The maximum atomic E-state index is 12.8. The summed E-state index contributed by atoms with van der Waals surface area (Å²) in [5, 5.41) is 6.99. The molecule has 1 atom stereocenters. The van der Waals surface area contributed by atoms with Crippen LogP contribution in [0.3, 0.4) is 0 Å². The van der Waals surface area contributed by atoms with Crippen molar-refractivity contribution < 1.29 is 4.39 Å². The molecule has 23 heavy (non-hydrogen) atoms. The van der Waals surface area contributed by atoms with Gasteiger partial charge >= 0.3 is 0 Å². The minimum Gasteiger partial charge on any atom is -0.361 e. The van der Waals surface area contributed by atoms with E-state index in [9.17, 15) is 4.39 Å². The zero-order chi connectivity index (χ0) is 17.1. The molecule has 7 heteroatoms. The van der Waals surface area contributed by atoms with Crippen molar-refractivity contribution in [3.05, 3.63) is 30.1 Å². The zero-order valence-electron chi connectivity index (χ0n) is 13.6.